The first-order chi connectivity index (χ1) is 10.3. The van der Waals surface area contributed by atoms with Crippen molar-refractivity contribution in [2.24, 2.45) is 0 Å². The van der Waals surface area contributed by atoms with Crippen LogP contribution in [-0.2, 0) is 9.84 Å². The number of aromatic amines is 1. The molecule has 1 fully saturated rings. The van der Waals surface area contributed by atoms with Gasteiger partial charge in [-0.05, 0) is 24.6 Å². The van der Waals surface area contributed by atoms with E-state index in [4.69, 9.17) is 0 Å². The zero-order valence-corrected chi connectivity index (χ0v) is 13.4. The van der Waals surface area contributed by atoms with Crippen molar-refractivity contribution < 1.29 is 13.2 Å². The molecule has 1 aromatic carbocycles. The molecule has 1 aliphatic rings. The summed E-state index contributed by atoms with van der Waals surface area (Å²) in [6, 6.07) is 4.98. The number of aromatic nitrogens is 2. The molecule has 2 N–H and O–H groups in total. The summed E-state index contributed by atoms with van der Waals surface area (Å²) in [5, 5.41) is 2.79. The Morgan fingerprint density at radius 1 is 1.41 bits per heavy atom. The average Bonchev–Trinajstić information content (AvgIpc) is 3.01. The van der Waals surface area contributed by atoms with E-state index in [0.717, 1.165) is 16.9 Å². The van der Waals surface area contributed by atoms with Gasteiger partial charge in [0.2, 0.25) is 0 Å². The van der Waals surface area contributed by atoms with E-state index in [1.165, 1.54) is 0 Å². The number of imidazole rings is 1. The molecule has 1 amide bonds. The van der Waals surface area contributed by atoms with Gasteiger partial charge in [-0.3, -0.25) is 4.79 Å². The van der Waals surface area contributed by atoms with Crippen molar-refractivity contribution in [1.29, 1.82) is 0 Å². The van der Waals surface area contributed by atoms with Crippen LogP contribution in [0.15, 0.2) is 18.2 Å². The van der Waals surface area contributed by atoms with Gasteiger partial charge in [-0.1, -0.05) is 13.8 Å². The molecular formula is C15H19N3O3S. The second-order valence-electron chi connectivity index (χ2n) is 6.08. The van der Waals surface area contributed by atoms with E-state index < -0.39 is 9.84 Å². The van der Waals surface area contributed by atoms with Crippen LogP contribution in [0.5, 0.6) is 0 Å². The lowest BCUT2D eigenvalue weighted by Gasteiger charge is -2.10. The van der Waals surface area contributed by atoms with Crippen LogP contribution in [-0.4, -0.2) is 41.8 Å². The number of rotatable bonds is 3. The average molecular weight is 321 g/mol. The van der Waals surface area contributed by atoms with Gasteiger partial charge in [-0.15, -0.1) is 0 Å². The molecule has 1 aromatic heterocycles. The van der Waals surface area contributed by atoms with E-state index in [-0.39, 0.29) is 29.4 Å². The third-order valence-corrected chi connectivity index (χ3v) is 5.64. The van der Waals surface area contributed by atoms with Gasteiger partial charge in [0.25, 0.3) is 5.91 Å². The molecule has 2 heterocycles. The quantitative estimate of drug-likeness (QED) is 0.898. The predicted molar refractivity (Wildman–Crippen MR) is 84.7 cm³/mol. The molecule has 0 bridgehead atoms. The fraction of sp³-hybridized carbons (Fsp3) is 0.467. The monoisotopic (exact) mass is 321 g/mol. The number of nitrogens with one attached hydrogen (secondary N) is 2. The van der Waals surface area contributed by atoms with Crippen molar-refractivity contribution in [2.75, 3.05) is 11.5 Å². The molecule has 0 aliphatic carbocycles. The van der Waals surface area contributed by atoms with Crippen molar-refractivity contribution in [3.8, 4) is 0 Å². The Hall–Kier alpha value is -1.89. The molecule has 0 spiro atoms. The molecule has 0 saturated carbocycles. The zero-order valence-electron chi connectivity index (χ0n) is 12.6. The second kappa shape index (κ2) is 5.39. The Balaban J connectivity index is 1.79. The summed E-state index contributed by atoms with van der Waals surface area (Å²) in [7, 11) is -3.00. The van der Waals surface area contributed by atoms with Crippen LogP contribution in [0.3, 0.4) is 0 Å². The number of hydrogen-bond donors (Lipinski definition) is 2. The lowest BCUT2D eigenvalue weighted by atomic mass is 10.1. The number of nitrogens with zero attached hydrogens (tertiary/aromatic N) is 1. The van der Waals surface area contributed by atoms with Gasteiger partial charge in [-0.25, -0.2) is 13.4 Å². The molecule has 1 aliphatic heterocycles. The van der Waals surface area contributed by atoms with Crippen LogP contribution >= 0.6 is 0 Å². The first kappa shape index (κ1) is 15.0. The fourth-order valence-corrected chi connectivity index (χ4v) is 4.29. The molecule has 22 heavy (non-hydrogen) atoms. The molecule has 6 nitrogen and oxygen atoms in total. The summed E-state index contributed by atoms with van der Waals surface area (Å²) in [6.07, 6.45) is 0.484. The number of amides is 1. The number of carbonyl (C=O) groups excluding carboxylic acids is 1. The van der Waals surface area contributed by atoms with Gasteiger partial charge >= 0.3 is 0 Å². The van der Waals surface area contributed by atoms with Crippen LogP contribution in [0, 0.1) is 0 Å². The van der Waals surface area contributed by atoms with E-state index in [0.29, 0.717) is 12.0 Å². The fourth-order valence-electron chi connectivity index (χ4n) is 2.62. The number of carbonyl (C=O) groups is 1. The van der Waals surface area contributed by atoms with Crippen LogP contribution in [0.4, 0.5) is 0 Å². The van der Waals surface area contributed by atoms with E-state index in [1.807, 2.05) is 13.8 Å². The minimum atomic E-state index is -3.00. The number of benzene rings is 1. The maximum absolute atomic E-state index is 12.3. The topological polar surface area (TPSA) is 91.9 Å². The molecule has 2 aromatic rings. The predicted octanol–water partition coefficient (Wildman–Crippen LogP) is 1.60. The third-order valence-electron chi connectivity index (χ3n) is 3.88. The highest BCUT2D eigenvalue weighted by molar-refractivity contribution is 7.91. The minimum Gasteiger partial charge on any atom is -0.348 e. The van der Waals surface area contributed by atoms with Gasteiger partial charge in [0.1, 0.15) is 5.82 Å². The highest BCUT2D eigenvalue weighted by Gasteiger charge is 2.29. The van der Waals surface area contributed by atoms with E-state index in [9.17, 15) is 13.2 Å². The van der Waals surface area contributed by atoms with E-state index in [2.05, 4.69) is 15.3 Å². The molecule has 118 valence electrons. The summed E-state index contributed by atoms with van der Waals surface area (Å²) >= 11 is 0. The summed E-state index contributed by atoms with van der Waals surface area (Å²) in [6.45, 7) is 4.09. The van der Waals surface area contributed by atoms with Gasteiger partial charge in [0.15, 0.2) is 9.84 Å². The third kappa shape index (κ3) is 2.99. The molecule has 1 atom stereocenters. The number of hydrogen-bond acceptors (Lipinski definition) is 4. The lowest BCUT2D eigenvalue weighted by molar-refractivity contribution is 0.0941. The summed E-state index contributed by atoms with van der Waals surface area (Å²) in [4.78, 5) is 19.9. The summed E-state index contributed by atoms with van der Waals surface area (Å²) in [5.41, 5.74) is 2.15. The normalized spacial score (nSPS) is 20.6. The largest absolute Gasteiger partial charge is 0.348 e. The van der Waals surface area contributed by atoms with Gasteiger partial charge in [0.05, 0.1) is 22.5 Å². The Bertz CT molecular complexity index is 824. The first-order valence-electron chi connectivity index (χ1n) is 7.35. The standard InChI is InChI=1S/C15H19N3O3S/c1-9(2)14-17-12-4-3-10(7-13(12)18-14)15(19)16-11-5-6-22(20,21)8-11/h3-4,7,9,11H,5-6,8H2,1-2H3,(H,16,19)(H,17,18). The summed E-state index contributed by atoms with van der Waals surface area (Å²) in [5.74, 6) is 1.10. The van der Waals surface area contributed by atoms with Crippen molar-refractivity contribution in [2.45, 2.75) is 32.2 Å². The number of fused-ring (bicyclic) bond motifs is 1. The van der Waals surface area contributed by atoms with E-state index in [1.54, 1.807) is 18.2 Å². The Kier molecular flexibility index (Phi) is 3.68. The molecule has 7 heteroatoms. The highest BCUT2D eigenvalue weighted by Crippen LogP contribution is 2.19. The molecule has 1 saturated heterocycles. The van der Waals surface area contributed by atoms with Crippen LogP contribution < -0.4 is 5.32 Å². The lowest BCUT2D eigenvalue weighted by Crippen LogP contribution is -2.35. The van der Waals surface area contributed by atoms with Crippen LogP contribution in [0.1, 0.15) is 42.4 Å². The Morgan fingerprint density at radius 2 is 2.18 bits per heavy atom. The minimum absolute atomic E-state index is 0.0303. The maximum Gasteiger partial charge on any atom is 0.251 e. The van der Waals surface area contributed by atoms with Crippen molar-refractivity contribution >= 4 is 26.8 Å². The second-order valence-corrected chi connectivity index (χ2v) is 8.31. The number of sulfone groups is 1. The smallest absolute Gasteiger partial charge is 0.251 e. The van der Waals surface area contributed by atoms with E-state index >= 15 is 0 Å². The maximum atomic E-state index is 12.3. The molecule has 0 radical (unpaired) electrons. The zero-order chi connectivity index (χ0) is 15.9. The number of H-pyrrole nitrogens is 1. The van der Waals surface area contributed by atoms with Gasteiger partial charge in [-0.2, -0.15) is 0 Å². The highest BCUT2D eigenvalue weighted by atomic mass is 32.2. The summed E-state index contributed by atoms with van der Waals surface area (Å²) < 4.78 is 22.9. The van der Waals surface area contributed by atoms with Crippen LogP contribution in [0.2, 0.25) is 0 Å². The van der Waals surface area contributed by atoms with Crippen molar-refractivity contribution in [3.63, 3.8) is 0 Å². The SMILES string of the molecule is CC(C)c1nc2ccc(C(=O)NC3CCS(=O)(=O)C3)cc2[nH]1. The van der Waals surface area contributed by atoms with Gasteiger partial charge < -0.3 is 10.3 Å². The van der Waals surface area contributed by atoms with Crippen LogP contribution in [0.25, 0.3) is 11.0 Å². The molecular weight excluding hydrogens is 302 g/mol. The first-order valence-corrected chi connectivity index (χ1v) is 9.17. The van der Waals surface area contributed by atoms with Gasteiger partial charge in [0, 0.05) is 17.5 Å². The molecule has 1 unspecified atom stereocenters. The molecule has 3 rings (SSSR count). The Morgan fingerprint density at radius 3 is 2.82 bits per heavy atom. The van der Waals surface area contributed by atoms with Crippen molar-refractivity contribution in [1.82, 2.24) is 15.3 Å². The Labute approximate surface area is 129 Å². The van der Waals surface area contributed by atoms with Crippen molar-refractivity contribution in [3.05, 3.63) is 29.6 Å².